The van der Waals surface area contributed by atoms with Gasteiger partial charge in [0.15, 0.2) is 0 Å². The van der Waals surface area contributed by atoms with Gasteiger partial charge < -0.3 is 56.1 Å². The van der Waals surface area contributed by atoms with Gasteiger partial charge in [-0.15, -0.1) is 0 Å². The van der Waals surface area contributed by atoms with Crippen LogP contribution in [0.25, 0.3) is 0 Å². The molecular formula is C44H71N8O12P. The summed E-state index contributed by atoms with van der Waals surface area (Å²) >= 11 is 0. The van der Waals surface area contributed by atoms with Crippen LogP contribution in [0.3, 0.4) is 0 Å². The second-order valence-electron chi connectivity index (χ2n) is 17.2. The van der Waals surface area contributed by atoms with Crippen molar-refractivity contribution in [3.8, 4) is 0 Å². The highest BCUT2D eigenvalue weighted by Gasteiger charge is 2.38. The maximum atomic E-state index is 14.2. The number of carbonyl (C=O) groups excluding carboxylic acids is 6. The molecule has 2 aromatic rings. The van der Waals surface area contributed by atoms with E-state index in [2.05, 4.69) is 42.9 Å². The predicted molar refractivity (Wildman–Crippen MR) is 240 cm³/mol. The molecule has 1 aliphatic rings. The monoisotopic (exact) mass is 934 g/mol. The third-order valence-corrected chi connectivity index (χ3v) is 11.6. The quantitative estimate of drug-likeness (QED) is 0.0410. The number of rotatable bonds is 30. The Balaban J connectivity index is 1.78. The van der Waals surface area contributed by atoms with Gasteiger partial charge in [0, 0.05) is 31.4 Å². The molecule has 1 fully saturated rings. The number of carbonyl (C=O) groups is 6. The zero-order valence-corrected chi connectivity index (χ0v) is 39.3. The average molecular weight is 935 g/mol. The smallest absolute Gasteiger partial charge is 0.394 e. The van der Waals surface area contributed by atoms with E-state index < -0.39 is 80.3 Å². The highest BCUT2D eigenvalue weighted by Crippen LogP contribution is 2.38. The number of amides is 6. The van der Waals surface area contributed by atoms with Crippen molar-refractivity contribution < 1.29 is 57.5 Å². The maximum absolute atomic E-state index is 14.2. The molecule has 1 aromatic heterocycles. The van der Waals surface area contributed by atoms with Crippen LogP contribution in [0.5, 0.6) is 0 Å². The van der Waals surface area contributed by atoms with Crippen LogP contribution >= 0.6 is 7.82 Å². The van der Waals surface area contributed by atoms with E-state index in [9.17, 15) is 48.2 Å². The van der Waals surface area contributed by atoms with Gasteiger partial charge in [-0.2, -0.15) is 0 Å². The first kappa shape index (κ1) is 54.6. The van der Waals surface area contributed by atoms with E-state index in [1.807, 2.05) is 50.5 Å². The molecule has 0 bridgehead atoms. The zero-order valence-electron chi connectivity index (χ0n) is 38.4. The molecule has 2 heterocycles. The summed E-state index contributed by atoms with van der Waals surface area (Å²) in [6.07, 6.45) is 9.77. The Kier molecular flexibility index (Phi) is 23.3. The van der Waals surface area contributed by atoms with Gasteiger partial charge in [0.25, 0.3) is 0 Å². The van der Waals surface area contributed by atoms with Crippen molar-refractivity contribution in [3.05, 3.63) is 54.1 Å². The molecule has 1 saturated heterocycles. The summed E-state index contributed by atoms with van der Waals surface area (Å²) in [6, 6.07) is 3.50. The minimum absolute atomic E-state index is 0.0643. The second kappa shape index (κ2) is 27.7. The molecule has 0 spiro atoms. The van der Waals surface area contributed by atoms with Crippen molar-refractivity contribution in [1.29, 1.82) is 0 Å². The number of nitrogens with zero attached hydrogens (tertiary/aromatic N) is 3. The number of hydrogen-bond donors (Lipinski definition) is 8. The number of ether oxygens (including phenoxy) is 1. The molecular weight excluding hydrogens is 864 g/mol. The van der Waals surface area contributed by atoms with Crippen LogP contribution in [0, 0.1) is 5.92 Å². The molecule has 1 aromatic carbocycles. The fourth-order valence-corrected chi connectivity index (χ4v) is 8.18. The molecule has 0 unspecified atom stereocenters. The minimum atomic E-state index is -5.12. The van der Waals surface area contributed by atoms with Gasteiger partial charge in [0.2, 0.25) is 35.4 Å². The summed E-state index contributed by atoms with van der Waals surface area (Å²) in [5, 5.41) is 20.3. The molecule has 3 rings (SSSR count). The molecule has 6 atom stereocenters. The lowest BCUT2D eigenvalue weighted by atomic mass is 10.0. The second-order valence-corrected chi connectivity index (χ2v) is 18.4. The van der Waals surface area contributed by atoms with Gasteiger partial charge in [0.05, 0.1) is 38.2 Å². The summed E-state index contributed by atoms with van der Waals surface area (Å²) < 4.78 is 23.3. The van der Waals surface area contributed by atoms with E-state index >= 15 is 0 Å². The molecule has 0 aliphatic carbocycles. The molecule has 1 aliphatic heterocycles. The Labute approximate surface area is 381 Å². The van der Waals surface area contributed by atoms with Gasteiger partial charge in [-0.05, 0) is 70.8 Å². The number of unbranched alkanes of at least 4 members (excludes halogenated alkanes) is 5. The SMILES string of the molecule is CC(C)C[C@H](NC(=O)[C@@H]1CCCN1C(=O)CCOC(C)C)C(=O)N[C@@H](Cc1cncn1CCCCCCCCc1ccccc1)C(=O)N[C@@H](CO)C(=O)N[C@H](C(N)=O)[C@@H](C)OP(=O)(O)O. The normalized spacial score (nSPS) is 16.4. The Hall–Kier alpha value is -4.72. The van der Waals surface area contributed by atoms with Crippen LogP contribution in [0.1, 0.15) is 110 Å². The number of nitrogens with two attached hydrogens (primary N) is 1. The molecule has 9 N–H and O–H groups in total. The number of phosphoric acid groups is 1. The first-order valence-electron chi connectivity index (χ1n) is 22.6. The maximum Gasteiger partial charge on any atom is 0.469 e. The van der Waals surface area contributed by atoms with Crippen LogP contribution in [-0.2, 0) is 62.0 Å². The summed E-state index contributed by atoms with van der Waals surface area (Å²) in [7, 11) is -5.12. The average Bonchev–Trinajstić information content (AvgIpc) is 3.91. The molecule has 65 heavy (non-hydrogen) atoms. The van der Waals surface area contributed by atoms with Gasteiger partial charge >= 0.3 is 7.82 Å². The van der Waals surface area contributed by atoms with Crippen molar-refractivity contribution in [2.75, 3.05) is 19.8 Å². The fourth-order valence-electron chi connectivity index (χ4n) is 7.62. The first-order chi connectivity index (χ1) is 30.8. The lowest BCUT2D eigenvalue weighted by Crippen LogP contribution is -2.61. The number of imidazole rings is 1. The van der Waals surface area contributed by atoms with Crippen LogP contribution in [0.15, 0.2) is 42.9 Å². The van der Waals surface area contributed by atoms with Crippen molar-refractivity contribution in [2.24, 2.45) is 11.7 Å². The molecule has 0 saturated carbocycles. The van der Waals surface area contributed by atoms with E-state index in [-0.39, 0.29) is 43.8 Å². The summed E-state index contributed by atoms with van der Waals surface area (Å²) in [5.41, 5.74) is 7.27. The number of hydrogen-bond acceptors (Lipinski definition) is 11. The number of nitrogens with one attached hydrogen (secondary N) is 4. The fraction of sp³-hybridized carbons (Fsp3) is 0.659. The van der Waals surface area contributed by atoms with Crippen molar-refractivity contribution >= 4 is 43.3 Å². The number of likely N-dealkylation sites (tertiary alicyclic amines) is 1. The van der Waals surface area contributed by atoms with Crippen LogP contribution in [0.2, 0.25) is 0 Å². The predicted octanol–water partition coefficient (Wildman–Crippen LogP) is 1.78. The molecule has 364 valence electrons. The summed E-state index contributed by atoms with van der Waals surface area (Å²) in [4.78, 5) is 105. The van der Waals surface area contributed by atoms with E-state index in [1.54, 1.807) is 12.5 Å². The van der Waals surface area contributed by atoms with Gasteiger partial charge in [-0.25, -0.2) is 9.55 Å². The number of aliphatic hydroxyl groups is 1. The Morgan fingerprint density at radius 2 is 1.49 bits per heavy atom. The Morgan fingerprint density at radius 1 is 0.862 bits per heavy atom. The Bertz CT molecular complexity index is 1880. The number of aliphatic hydroxyl groups excluding tert-OH is 1. The van der Waals surface area contributed by atoms with E-state index in [4.69, 9.17) is 10.5 Å². The zero-order chi connectivity index (χ0) is 48.1. The molecule has 0 radical (unpaired) electrons. The Morgan fingerprint density at radius 3 is 2.12 bits per heavy atom. The summed E-state index contributed by atoms with van der Waals surface area (Å²) in [5.74, 6) is -4.85. The first-order valence-corrected chi connectivity index (χ1v) is 24.1. The van der Waals surface area contributed by atoms with E-state index in [0.29, 0.717) is 31.6 Å². The number of aryl methyl sites for hydroxylation is 2. The third kappa shape index (κ3) is 19.7. The van der Waals surface area contributed by atoms with E-state index in [0.717, 1.165) is 51.9 Å². The highest BCUT2D eigenvalue weighted by atomic mass is 31.2. The lowest BCUT2D eigenvalue weighted by Gasteiger charge is -2.29. The largest absolute Gasteiger partial charge is 0.469 e. The third-order valence-electron chi connectivity index (χ3n) is 11.0. The number of aromatic nitrogens is 2. The van der Waals surface area contributed by atoms with Crippen LogP contribution < -0.4 is 27.0 Å². The van der Waals surface area contributed by atoms with Crippen LogP contribution in [0.4, 0.5) is 0 Å². The van der Waals surface area contributed by atoms with Crippen molar-refractivity contribution in [3.63, 3.8) is 0 Å². The topological polar surface area (TPSA) is 294 Å². The number of primary amides is 1. The standard InChI is InChI=1S/C44H71N8O12P/c1-29(2)24-34(48-44(59)37-19-15-22-52(37)38(54)20-23-63-30(3)4)41(56)47-35(42(57)49-36(27-53)43(58)50-39(40(45)55)31(5)64-65(60,61)62)25-33-26-46-28-51(33)21-14-9-7-6-8-11-16-32-17-12-10-13-18-32/h10,12-13,17-18,26,28-31,34-37,39,53H,6-9,11,14-16,19-25,27H2,1-5H3,(H2,45,55)(H,47,56)(H,48,59)(H,49,57)(H,50,58)(H2,60,61,62)/t31-,34+,35+,36+,37+,39+/m1/s1. The molecule has 20 nitrogen and oxygen atoms in total. The van der Waals surface area contributed by atoms with Gasteiger partial charge in [-0.1, -0.05) is 69.9 Å². The van der Waals surface area contributed by atoms with Crippen molar-refractivity contribution in [2.45, 2.75) is 161 Å². The molecule has 21 heteroatoms. The van der Waals surface area contributed by atoms with Crippen LogP contribution in [-0.4, -0.2) is 127 Å². The van der Waals surface area contributed by atoms with Crippen molar-refractivity contribution in [1.82, 2.24) is 35.7 Å². The molecule has 6 amide bonds. The highest BCUT2D eigenvalue weighted by molar-refractivity contribution is 7.46. The van der Waals surface area contributed by atoms with E-state index in [1.165, 1.54) is 10.5 Å². The number of phosphoric ester groups is 1. The minimum Gasteiger partial charge on any atom is -0.394 e. The lowest BCUT2D eigenvalue weighted by molar-refractivity contribution is -0.140. The summed E-state index contributed by atoms with van der Waals surface area (Å²) in [6.45, 7) is 8.67. The van der Waals surface area contributed by atoms with Gasteiger partial charge in [-0.3, -0.25) is 33.3 Å². The van der Waals surface area contributed by atoms with Gasteiger partial charge in [0.1, 0.15) is 30.2 Å². The number of benzene rings is 1.